The van der Waals surface area contributed by atoms with Crippen LogP contribution in [0.2, 0.25) is 0 Å². The molecule has 7 rings (SSSR count). The number of aromatic nitrogens is 2. The number of esters is 1. The van der Waals surface area contributed by atoms with Gasteiger partial charge in [-0.2, -0.15) is 0 Å². The molecule has 0 radical (unpaired) electrons. The Bertz CT molecular complexity index is 2210. The first-order valence-electron chi connectivity index (χ1n) is 24.3. The highest BCUT2D eigenvalue weighted by Crippen LogP contribution is 2.40. The van der Waals surface area contributed by atoms with Crippen LogP contribution in [0.25, 0.3) is 12.2 Å². The molecule has 3 N–H and O–H groups in total. The average molecular weight is 1020 g/mol. The van der Waals surface area contributed by atoms with Crippen molar-refractivity contribution in [3.05, 3.63) is 107 Å². The van der Waals surface area contributed by atoms with Crippen LogP contribution in [0.15, 0.2) is 92.2 Å². The first-order chi connectivity index (χ1) is 33.1. The maximum atomic E-state index is 13.6. The molecule has 4 saturated heterocycles. The van der Waals surface area contributed by atoms with Gasteiger partial charge in [0.05, 0.1) is 67.5 Å². The molecule has 7 heterocycles. The first kappa shape index (κ1) is 53.0. The van der Waals surface area contributed by atoms with Crippen molar-refractivity contribution >= 4 is 34.1 Å². The van der Waals surface area contributed by atoms with Crippen molar-refractivity contribution in [3.8, 4) is 0 Å². The van der Waals surface area contributed by atoms with Crippen LogP contribution in [0.4, 0.5) is 0 Å². The molecule has 378 valence electrons. The SMILES string of the molecule is C=C1C[C@@H]2CC3C[C@@H](O)C[C@@H](O3)c3coc(n3)C=CC[C@H]3O[C@@H](C(C)=Cc4coc(C[C@]5(O)C[C@H](OC)C[C@H]([C@H](O)C=C(C)C=CC(CC=CBr)OC)O5)n4)[C@H](C)C(OC(=O)C=CC[C@@H](C1)O2)[C@H]3C. The van der Waals surface area contributed by atoms with E-state index in [1.54, 1.807) is 37.6 Å². The van der Waals surface area contributed by atoms with E-state index in [0.717, 1.165) is 16.7 Å². The molecule has 5 aliphatic rings. The van der Waals surface area contributed by atoms with E-state index >= 15 is 0 Å². The third kappa shape index (κ3) is 14.6. The smallest absolute Gasteiger partial charge is 0.330 e. The number of aliphatic hydroxyl groups excluding tert-OH is 2. The predicted molar refractivity (Wildman–Crippen MR) is 261 cm³/mol. The predicted octanol–water partition coefficient (Wildman–Crippen LogP) is 8.76. The van der Waals surface area contributed by atoms with E-state index in [2.05, 4.69) is 22.5 Å². The Morgan fingerprint density at radius 2 is 1.78 bits per heavy atom. The van der Waals surface area contributed by atoms with Gasteiger partial charge in [-0.25, -0.2) is 14.8 Å². The van der Waals surface area contributed by atoms with Gasteiger partial charge in [0.15, 0.2) is 11.7 Å². The summed E-state index contributed by atoms with van der Waals surface area (Å²) in [5.41, 5.74) is 3.86. The monoisotopic (exact) mass is 1020 g/mol. The number of hydrogen-bond acceptors (Lipinski definition) is 15. The molecule has 15 atom stereocenters. The van der Waals surface area contributed by atoms with Crippen molar-refractivity contribution in [1.29, 1.82) is 0 Å². The van der Waals surface area contributed by atoms with Gasteiger partial charge in [0, 0.05) is 57.8 Å². The van der Waals surface area contributed by atoms with Crippen molar-refractivity contribution in [2.75, 3.05) is 14.2 Å². The molecule has 4 fully saturated rings. The molecule has 2 aromatic rings. The van der Waals surface area contributed by atoms with E-state index in [4.69, 9.17) is 52.0 Å². The van der Waals surface area contributed by atoms with E-state index in [0.29, 0.717) is 75.1 Å². The van der Waals surface area contributed by atoms with E-state index in [-0.39, 0.29) is 67.2 Å². The number of carbonyl (C=O) groups is 1. The van der Waals surface area contributed by atoms with Crippen molar-refractivity contribution in [2.45, 2.75) is 177 Å². The maximum absolute atomic E-state index is 13.6. The molecule has 16 heteroatoms. The summed E-state index contributed by atoms with van der Waals surface area (Å²) in [7, 11) is 3.22. The third-order valence-electron chi connectivity index (χ3n) is 13.9. The number of hydrogen-bond donors (Lipinski definition) is 3. The van der Waals surface area contributed by atoms with Crippen molar-refractivity contribution in [1.82, 2.24) is 9.97 Å². The molecule has 0 aromatic carbocycles. The second-order valence-corrected chi connectivity index (χ2v) is 20.0. The van der Waals surface area contributed by atoms with Gasteiger partial charge in [-0.1, -0.05) is 84.0 Å². The number of ether oxygens (including phenoxy) is 7. The highest BCUT2D eigenvalue weighted by molar-refractivity contribution is 9.11. The number of allylic oxidation sites excluding steroid dienone is 2. The van der Waals surface area contributed by atoms with Gasteiger partial charge in [0.1, 0.15) is 36.1 Å². The fourth-order valence-corrected chi connectivity index (χ4v) is 10.6. The zero-order valence-electron chi connectivity index (χ0n) is 40.7. The van der Waals surface area contributed by atoms with Crippen LogP contribution < -0.4 is 0 Å². The van der Waals surface area contributed by atoms with Gasteiger partial charge in [0.25, 0.3) is 0 Å². The molecule has 15 nitrogen and oxygen atoms in total. The molecule has 0 amide bonds. The lowest BCUT2D eigenvalue weighted by Gasteiger charge is -2.44. The van der Waals surface area contributed by atoms with Gasteiger partial charge in [-0.15, -0.1) is 0 Å². The standard InChI is InChI=1S/C53H71BrN2O13/c1-31(16-17-38(61-6)12-10-18-54)21-44(58)47-26-42(62-7)27-53(60,69-47)28-49-55-36(29-63-49)22-33(3)51-35(5)52-34(4)45(67-51)13-9-14-48-56-43(30-64-48)46-24-37(57)23-41(66-46)25-40-20-32(2)19-39(65-40)11-8-15-50(59)68-52/h8-10,14-18,21-22,29-30,34-35,37-42,44-47,51-52,57-58,60H,2,11-13,19-20,23-28H2,1,3-7H3/t34-,35-,37+,38?,39-,40+,41?,42+,44+,45+,46+,47+,51-,52?,53-/m0/s1. The molecule has 2 aromatic heterocycles. The summed E-state index contributed by atoms with van der Waals surface area (Å²) in [5, 5.41) is 33.9. The van der Waals surface area contributed by atoms with Gasteiger partial charge < -0.3 is 57.3 Å². The second kappa shape index (κ2) is 24.5. The highest BCUT2D eigenvalue weighted by atomic mass is 79.9. The molecule has 69 heavy (non-hydrogen) atoms. The summed E-state index contributed by atoms with van der Waals surface area (Å²) < 4.78 is 55.2. The summed E-state index contributed by atoms with van der Waals surface area (Å²) >= 11 is 3.28. The summed E-state index contributed by atoms with van der Waals surface area (Å²) in [6, 6.07) is 0. The Kier molecular flexibility index (Phi) is 18.9. The molecule has 3 unspecified atom stereocenters. The van der Waals surface area contributed by atoms with E-state index < -0.39 is 48.4 Å². The number of fused-ring (bicyclic) bond motifs is 9. The molecule has 0 saturated carbocycles. The van der Waals surface area contributed by atoms with Crippen molar-refractivity contribution in [3.63, 3.8) is 0 Å². The largest absolute Gasteiger partial charge is 0.458 e. The number of oxazole rings is 2. The van der Waals surface area contributed by atoms with Crippen LogP contribution in [0.3, 0.4) is 0 Å². The summed E-state index contributed by atoms with van der Waals surface area (Å²) in [6.45, 7) is 12.2. The molecule has 8 bridgehead atoms. The zero-order chi connectivity index (χ0) is 49.2. The fourth-order valence-electron chi connectivity index (χ4n) is 10.4. The topological polar surface area (TPSA) is 194 Å². The minimum atomic E-state index is -1.73. The Morgan fingerprint density at radius 3 is 2.57 bits per heavy atom. The van der Waals surface area contributed by atoms with Gasteiger partial charge >= 0.3 is 5.97 Å². The highest BCUT2D eigenvalue weighted by Gasteiger charge is 2.45. The Hall–Kier alpha value is -3.81. The van der Waals surface area contributed by atoms with Gasteiger partial charge in [-0.05, 0) is 75.1 Å². The lowest BCUT2D eigenvalue weighted by molar-refractivity contribution is -0.286. The van der Waals surface area contributed by atoms with Crippen LogP contribution in [-0.4, -0.2) is 118 Å². The summed E-state index contributed by atoms with van der Waals surface area (Å²) in [4.78, 5) is 24.8. The average Bonchev–Trinajstić information content (AvgIpc) is 3.96. The Morgan fingerprint density at radius 1 is 0.986 bits per heavy atom. The quantitative estimate of drug-likeness (QED) is 0.104. The van der Waals surface area contributed by atoms with Crippen LogP contribution in [0, 0.1) is 11.8 Å². The Balaban J connectivity index is 1.06. The number of methoxy groups -OCH3 is 2. The second-order valence-electron chi connectivity index (χ2n) is 19.5. The number of carbonyl (C=O) groups excluding carboxylic acids is 1. The van der Waals surface area contributed by atoms with Crippen LogP contribution in [0.1, 0.15) is 121 Å². The number of nitrogens with zero attached hydrogens (tertiary/aromatic N) is 2. The van der Waals surface area contributed by atoms with Crippen molar-refractivity contribution in [2.24, 2.45) is 11.8 Å². The van der Waals surface area contributed by atoms with Crippen LogP contribution in [0.5, 0.6) is 0 Å². The molecule has 5 aliphatic heterocycles. The maximum Gasteiger partial charge on any atom is 0.330 e. The molecule has 0 aliphatic carbocycles. The first-order valence-corrected chi connectivity index (χ1v) is 25.2. The van der Waals surface area contributed by atoms with E-state index in [9.17, 15) is 20.1 Å². The summed E-state index contributed by atoms with van der Waals surface area (Å²) in [6.07, 6.45) is 19.5. The molecule has 0 spiro atoms. The Labute approximate surface area is 414 Å². The minimum Gasteiger partial charge on any atom is -0.458 e. The molecular formula is C53H71BrN2O13. The minimum absolute atomic E-state index is 0.0830. The lowest BCUT2D eigenvalue weighted by atomic mass is 9.79. The fraction of sp³-hybridized carbons (Fsp3) is 0.604. The van der Waals surface area contributed by atoms with Crippen LogP contribution in [-0.2, 0) is 44.4 Å². The van der Waals surface area contributed by atoms with E-state index in [1.807, 2.05) is 64.2 Å². The van der Waals surface area contributed by atoms with Crippen LogP contribution >= 0.6 is 15.9 Å². The lowest BCUT2D eigenvalue weighted by Crippen LogP contribution is -2.51. The normalized spacial score (nSPS) is 35.2. The van der Waals surface area contributed by atoms with Gasteiger partial charge in [0.2, 0.25) is 5.89 Å². The number of rotatable bonds is 12. The zero-order valence-corrected chi connectivity index (χ0v) is 42.3. The third-order valence-corrected chi connectivity index (χ3v) is 14.2. The number of halogens is 1. The van der Waals surface area contributed by atoms with Gasteiger partial charge in [-0.3, -0.25) is 0 Å². The number of aliphatic hydroxyl groups is 3. The van der Waals surface area contributed by atoms with E-state index in [1.165, 1.54) is 12.3 Å². The molecular weight excluding hydrogens is 952 g/mol. The van der Waals surface area contributed by atoms with Crippen molar-refractivity contribution < 1.29 is 62.1 Å². The summed E-state index contributed by atoms with van der Waals surface area (Å²) in [5.74, 6) is -1.95.